The highest BCUT2D eigenvalue weighted by atomic mass is 16.2. The number of carbonyl (C=O) groups excluding carboxylic acids is 2. The first kappa shape index (κ1) is 21.1. The van der Waals surface area contributed by atoms with Gasteiger partial charge in [-0.3, -0.25) is 9.59 Å². The van der Waals surface area contributed by atoms with E-state index in [0.717, 1.165) is 33.4 Å². The van der Waals surface area contributed by atoms with Crippen molar-refractivity contribution < 1.29 is 9.59 Å². The number of benzene rings is 4. The largest absolute Gasteiger partial charge is 0.337 e. The Labute approximate surface area is 204 Å². The van der Waals surface area contributed by atoms with Gasteiger partial charge in [0, 0.05) is 12.1 Å². The van der Waals surface area contributed by atoms with Crippen molar-refractivity contribution in [1.29, 1.82) is 0 Å². The second-order valence-electron chi connectivity index (χ2n) is 8.93. The molecule has 0 aromatic heterocycles. The first-order chi connectivity index (χ1) is 17.2. The van der Waals surface area contributed by atoms with Gasteiger partial charge in [0.15, 0.2) is 0 Å². The molecule has 4 aromatic carbocycles. The molecule has 170 valence electrons. The molecule has 4 nitrogen and oxygen atoms in total. The first-order valence-electron chi connectivity index (χ1n) is 11.8. The molecule has 35 heavy (non-hydrogen) atoms. The van der Waals surface area contributed by atoms with Crippen LogP contribution in [0.3, 0.4) is 0 Å². The van der Waals surface area contributed by atoms with Gasteiger partial charge in [-0.2, -0.15) is 0 Å². The van der Waals surface area contributed by atoms with Crippen LogP contribution in [0.5, 0.6) is 0 Å². The number of hydrogen-bond acceptors (Lipinski definition) is 2. The van der Waals surface area contributed by atoms with E-state index in [0.29, 0.717) is 12.1 Å². The Morgan fingerprint density at radius 1 is 0.714 bits per heavy atom. The van der Waals surface area contributed by atoms with Crippen LogP contribution in [0.15, 0.2) is 115 Å². The minimum Gasteiger partial charge on any atom is -0.337 e. The molecule has 4 aromatic rings. The van der Waals surface area contributed by atoms with Crippen molar-refractivity contribution in [1.82, 2.24) is 10.2 Å². The van der Waals surface area contributed by atoms with E-state index >= 15 is 0 Å². The van der Waals surface area contributed by atoms with Crippen molar-refractivity contribution in [3.63, 3.8) is 0 Å². The molecule has 2 atom stereocenters. The highest BCUT2D eigenvalue weighted by Crippen LogP contribution is 2.50. The van der Waals surface area contributed by atoms with Gasteiger partial charge in [-0.15, -0.1) is 0 Å². The quantitative estimate of drug-likeness (QED) is 0.433. The maximum atomic E-state index is 13.9. The fraction of sp³-hybridized carbons (Fsp3) is 0.0968. The first-order valence-corrected chi connectivity index (χ1v) is 11.8. The zero-order chi connectivity index (χ0) is 23.8. The van der Waals surface area contributed by atoms with E-state index < -0.39 is 6.04 Å². The third-order valence-corrected chi connectivity index (χ3v) is 6.80. The summed E-state index contributed by atoms with van der Waals surface area (Å²) >= 11 is 0. The van der Waals surface area contributed by atoms with Crippen LogP contribution in [0.1, 0.15) is 33.1 Å². The lowest BCUT2D eigenvalue weighted by Gasteiger charge is -2.43. The summed E-state index contributed by atoms with van der Waals surface area (Å²) < 4.78 is 0. The van der Waals surface area contributed by atoms with E-state index in [2.05, 4.69) is 29.6 Å². The lowest BCUT2D eigenvalue weighted by molar-refractivity contribution is -0.134. The molecule has 0 saturated carbocycles. The number of carbonyl (C=O) groups is 2. The molecule has 0 spiro atoms. The average Bonchev–Trinajstić information content (AvgIpc) is 2.92. The van der Waals surface area contributed by atoms with Crippen molar-refractivity contribution >= 4 is 17.4 Å². The van der Waals surface area contributed by atoms with Crippen LogP contribution in [-0.4, -0.2) is 22.8 Å². The van der Waals surface area contributed by atoms with Crippen LogP contribution in [-0.2, 0) is 11.3 Å². The molecule has 2 amide bonds. The van der Waals surface area contributed by atoms with Gasteiger partial charge in [0.25, 0.3) is 5.91 Å². The van der Waals surface area contributed by atoms with E-state index in [1.54, 1.807) is 12.1 Å². The Morgan fingerprint density at radius 3 is 2.06 bits per heavy atom. The fourth-order valence-electron chi connectivity index (χ4n) is 5.21. The number of hydrogen-bond donors (Lipinski definition) is 1. The van der Waals surface area contributed by atoms with Crippen molar-refractivity contribution in [3.05, 3.63) is 138 Å². The molecule has 1 heterocycles. The Morgan fingerprint density at radius 2 is 1.31 bits per heavy atom. The standard InChI is InChI=1S/C31H24N2O2/c34-30(22-13-5-2-6-14-22)32-28-19-27-25-17-8-7-15-23(25)24-16-9-10-18-26(24)29(27)33(31(28)35)20-21-11-3-1-4-12-21/h1-19,28-29H,20H2,(H,32,34)/t28-,29+/m0/s1. The third-order valence-electron chi connectivity index (χ3n) is 6.80. The van der Waals surface area contributed by atoms with Crippen molar-refractivity contribution in [2.45, 2.75) is 18.6 Å². The lowest BCUT2D eigenvalue weighted by Crippen LogP contribution is -2.52. The maximum Gasteiger partial charge on any atom is 0.252 e. The molecule has 1 aliphatic carbocycles. The fourth-order valence-corrected chi connectivity index (χ4v) is 5.21. The summed E-state index contributed by atoms with van der Waals surface area (Å²) in [5.74, 6) is -0.371. The highest BCUT2D eigenvalue weighted by molar-refractivity contribution is 6.02. The molecule has 4 heteroatoms. The molecule has 6 rings (SSSR count). The topological polar surface area (TPSA) is 49.4 Å². The molecule has 1 aliphatic heterocycles. The van der Waals surface area contributed by atoms with Crippen molar-refractivity contribution in [2.75, 3.05) is 0 Å². The van der Waals surface area contributed by atoms with Crippen LogP contribution in [0.25, 0.3) is 16.7 Å². The van der Waals surface area contributed by atoms with Gasteiger partial charge in [0.1, 0.15) is 6.04 Å². The molecule has 0 unspecified atom stereocenters. The predicted octanol–water partition coefficient (Wildman–Crippen LogP) is 5.63. The predicted molar refractivity (Wildman–Crippen MR) is 137 cm³/mol. The monoisotopic (exact) mass is 456 g/mol. The van der Waals surface area contributed by atoms with Crippen LogP contribution in [0.2, 0.25) is 0 Å². The van der Waals surface area contributed by atoms with E-state index in [1.165, 1.54) is 0 Å². The summed E-state index contributed by atoms with van der Waals surface area (Å²) in [6, 6.07) is 34.7. The Balaban J connectivity index is 1.48. The summed E-state index contributed by atoms with van der Waals surface area (Å²) in [4.78, 5) is 28.9. The van der Waals surface area contributed by atoms with E-state index in [1.807, 2.05) is 83.8 Å². The second kappa shape index (κ2) is 8.73. The van der Waals surface area contributed by atoms with Crippen LogP contribution in [0.4, 0.5) is 0 Å². The molecule has 2 aliphatic rings. The molecule has 0 bridgehead atoms. The van der Waals surface area contributed by atoms with Gasteiger partial charge in [-0.1, -0.05) is 97.1 Å². The lowest BCUT2D eigenvalue weighted by atomic mass is 9.76. The van der Waals surface area contributed by atoms with Crippen molar-refractivity contribution in [3.8, 4) is 11.1 Å². The maximum absolute atomic E-state index is 13.9. The molecule has 0 fully saturated rings. The summed E-state index contributed by atoms with van der Waals surface area (Å²) in [6.45, 7) is 0.454. The molecular formula is C31H24N2O2. The average molecular weight is 457 g/mol. The van der Waals surface area contributed by atoms with Gasteiger partial charge in [-0.25, -0.2) is 0 Å². The minimum atomic E-state index is -0.754. The number of nitrogens with zero attached hydrogens (tertiary/aromatic N) is 1. The van der Waals surface area contributed by atoms with E-state index in [-0.39, 0.29) is 17.9 Å². The van der Waals surface area contributed by atoms with Gasteiger partial charge in [-0.05, 0) is 51.6 Å². The van der Waals surface area contributed by atoms with Gasteiger partial charge < -0.3 is 10.2 Å². The molecule has 1 N–H and O–H groups in total. The number of nitrogens with one attached hydrogen (secondary N) is 1. The van der Waals surface area contributed by atoms with Crippen LogP contribution in [0, 0.1) is 0 Å². The Bertz CT molecular complexity index is 1440. The molecule has 0 saturated heterocycles. The number of fused-ring (bicyclic) bond motifs is 6. The number of amides is 2. The van der Waals surface area contributed by atoms with Gasteiger partial charge >= 0.3 is 0 Å². The SMILES string of the molecule is O=C(N[C@H]1C=C2c3ccccc3-c3ccccc3[C@H]2N(Cc2ccccc2)C1=O)c1ccccc1. The molecular weight excluding hydrogens is 432 g/mol. The highest BCUT2D eigenvalue weighted by Gasteiger charge is 2.41. The van der Waals surface area contributed by atoms with E-state index in [4.69, 9.17) is 0 Å². The van der Waals surface area contributed by atoms with Crippen molar-refractivity contribution in [2.24, 2.45) is 0 Å². The Hall–Kier alpha value is -4.44. The summed E-state index contributed by atoms with van der Waals surface area (Å²) in [6.07, 6.45) is 1.95. The zero-order valence-corrected chi connectivity index (χ0v) is 19.1. The third kappa shape index (κ3) is 3.73. The zero-order valence-electron chi connectivity index (χ0n) is 19.1. The second-order valence-corrected chi connectivity index (χ2v) is 8.93. The summed E-state index contributed by atoms with van der Waals surface area (Å²) in [5, 5.41) is 2.98. The molecule has 0 radical (unpaired) electrons. The number of rotatable bonds is 4. The normalized spacial score (nSPS) is 18.1. The minimum absolute atomic E-state index is 0.110. The smallest absolute Gasteiger partial charge is 0.252 e. The Kier molecular flexibility index (Phi) is 5.27. The van der Waals surface area contributed by atoms with Crippen LogP contribution >= 0.6 is 0 Å². The summed E-state index contributed by atoms with van der Waals surface area (Å²) in [5.41, 5.74) is 7.12. The van der Waals surface area contributed by atoms with E-state index in [9.17, 15) is 9.59 Å². The van der Waals surface area contributed by atoms with Gasteiger partial charge in [0.05, 0.1) is 6.04 Å². The van der Waals surface area contributed by atoms with Crippen LogP contribution < -0.4 is 5.32 Å². The van der Waals surface area contributed by atoms with Gasteiger partial charge in [0.2, 0.25) is 5.91 Å². The summed E-state index contributed by atoms with van der Waals surface area (Å²) in [7, 11) is 0.